The van der Waals surface area contributed by atoms with Crippen LogP contribution in [-0.2, 0) is 4.79 Å². The van der Waals surface area contributed by atoms with Crippen LogP contribution in [0.4, 0.5) is 5.82 Å². The summed E-state index contributed by atoms with van der Waals surface area (Å²) < 4.78 is 5.06. The van der Waals surface area contributed by atoms with Crippen LogP contribution in [-0.4, -0.2) is 32.4 Å². The van der Waals surface area contributed by atoms with Crippen molar-refractivity contribution in [3.63, 3.8) is 0 Å². The Morgan fingerprint density at radius 1 is 1.53 bits per heavy atom. The lowest BCUT2D eigenvalue weighted by atomic mass is 10.3. The van der Waals surface area contributed by atoms with Crippen molar-refractivity contribution in [2.24, 2.45) is 0 Å². The van der Waals surface area contributed by atoms with Gasteiger partial charge in [-0.2, -0.15) is 4.98 Å². The summed E-state index contributed by atoms with van der Waals surface area (Å²) in [4.78, 5) is 21.8. The van der Waals surface area contributed by atoms with Gasteiger partial charge >= 0.3 is 0 Å². The number of carbonyl (C=O) groups is 1. The van der Waals surface area contributed by atoms with E-state index in [-0.39, 0.29) is 10.7 Å². The van der Waals surface area contributed by atoms with Gasteiger partial charge in [-0.15, -0.1) is 0 Å². The van der Waals surface area contributed by atoms with E-state index in [4.69, 9.17) is 4.52 Å². The van der Waals surface area contributed by atoms with Crippen LogP contribution in [0.5, 0.6) is 0 Å². The Morgan fingerprint density at radius 2 is 2.35 bits per heavy atom. The van der Waals surface area contributed by atoms with E-state index in [0.29, 0.717) is 35.6 Å². The summed E-state index contributed by atoms with van der Waals surface area (Å²) in [6.45, 7) is 2.42. The molecular weight excluding hydrogens is 288 g/mol. The number of rotatable bonds is 1. The quantitative estimate of drug-likeness (QED) is 0.744. The predicted octanol–water partition coefficient (Wildman–Crippen LogP) is 1.43. The summed E-state index contributed by atoms with van der Waals surface area (Å²) in [5.41, 5.74) is 1.11. The highest BCUT2D eigenvalue weighted by Gasteiger charge is 2.31. The first kappa shape index (κ1) is 10.6. The van der Waals surface area contributed by atoms with Gasteiger partial charge in [-0.3, -0.25) is 9.69 Å². The first-order valence-corrected chi connectivity index (χ1v) is 6.10. The number of aryl methyl sites for hydroxylation is 1. The molecule has 3 rings (SSSR count). The van der Waals surface area contributed by atoms with E-state index in [1.165, 1.54) is 6.33 Å². The maximum absolute atomic E-state index is 11.8. The number of aromatic nitrogens is 3. The van der Waals surface area contributed by atoms with Crippen LogP contribution < -0.4 is 4.90 Å². The summed E-state index contributed by atoms with van der Waals surface area (Å²) in [6, 6.07) is 0. The summed E-state index contributed by atoms with van der Waals surface area (Å²) >= 11 is 3.44. The van der Waals surface area contributed by atoms with Gasteiger partial charge in [0.05, 0.1) is 5.69 Å². The Labute approximate surface area is 105 Å². The number of halogens is 1. The smallest absolute Gasteiger partial charge is 0.263 e. The highest BCUT2D eigenvalue weighted by Crippen LogP contribution is 2.30. The minimum absolute atomic E-state index is 0.0486. The second-order valence-corrected chi connectivity index (χ2v) is 5.25. The van der Waals surface area contributed by atoms with Crippen LogP contribution in [0.1, 0.15) is 12.1 Å². The fourth-order valence-electron chi connectivity index (χ4n) is 1.98. The molecule has 1 saturated heterocycles. The van der Waals surface area contributed by atoms with Crippen LogP contribution in [0, 0.1) is 6.92 Å². The molecule has 1 aliphatic rings. The lowest BCUT2D eigenvalue weighted by Gasteiger charge is -2.14. The zero-order valence-corrected chi connectivity index (χ0v) is 10.6. The molecule has 0 aliphatic carbocycles. The molecular formula is C10H9BrN4O2. The van der Waals surface area contributed by atoms with Gasteiger partial charge in [0.25, 0.3) is 5.71 Å². The molecule has 0 spiro atoms. The molecule has 17 heavy (non-hydrogen) atoms. The Hall–Kier alpha value is -1.50. The zero-order valence-electron chi connectivity index (χ0n) is 9.05. The minimum atomic E-state index is 0.0486. The minimum Gasteiger partial charge on any atom is -0.335 e. The number of fused-ring (bicyclic) bond motifs is 1. The van der Waals surface area contributed by atoms with Gasteiger partial charge in [0, 0.05) is 17.8 Å². The van der Waals surface area contributed by atoms with Gasteiger partial charge in [-0.25, -0.2) is 4.98 Å². The van der Waals surface area contributed by atoms with E-state index in [2.05, 4.69) is 31.1 Å². The third-order valence-electron chi connectivity index (χ3n) is 2.76. The first-order valence-electron chi connectivity index (χ1n) is 5.18. The monoisotopic (exact) mass is 296 g/mol. The molecule has 6 nitrogen and oxygen atoms in total. The first-order chi connectivity index (χ1) is 8.16. The van der Waals surface area contributed by atoms with Crippen LogP contribution in [0.25, 0.3) is 11.1 Å². The third-order valence-corrected chi connectivity index (χ3v) is 3.37. The van der Waals surface area contributed by atoms with Crippen molar-refractivity contribution >= 4 is 38.8 Å². The second-order valence-electron chi connectivity index (χ2n) is 3.95. The van der Waals surface area contributed by atoms with Crippen LogP contribution in [0.3, 0.4) is 0 Å². The molecule has 2 aromatic rings. The summed E-state index contributed by atoms with van der Waals surface area (Å²) in [5.74, 6) is 0.633. The van der Waals surface area contributed by atoms with E-state index in [1.807, 2.05) is 6.92 Å². The van der Waals surface area contributed by atoms with Crippen LogP contribution in [0.2, 0.25) is 0 Å². The van der Waals surface area contributed by atoms with Gasteiger partial charge in [0.1, 0.15) is 11.7 Å². The summed E-state index contributed by atoms with van der Waals surface area (Å²) in [7, 11) is 0. The molecule has 1 fully saturated rings. The van der Waals surface area contributed by atoms with Crippen molar-refractivity contribution in [3.05, 3.63) is 12.0 Å². The van der Waals surface area contributed by atoms with E-state index >= 15 is 0 Å². The summed E-state index contributed by atoms with van der Waals surface area (Å²) in [5, 5.41) is 4.56. The molecule has 0 aromatic carbocycles. The Morgan fingerprint density at radius 3 is 3.06 bits per heavy atom. The number of carbonyl (C=O) groups excluding carboxylic acids is 1. The molecule has 7 heteroatoms. The molecule has 2 aromatic heterocycles. The van der Waals surface area contributed by atoms with Crippen molar-refractivity contribution in [2.45, 2.75) is 18.2 Å². The largest absolute Gasteiger partial charge is 0.335 e. The van der Waals surface area contributed by atoms with Crippen molar-refractivity contribution < 1.29 is 9.32 Å². The number of hydrogen-bond donors (Lipinski definition) is 0. The van der Waals surface area contributed by atoms with Crippen molar-refractivity contribution in [1.29, 1.82) is 0 Å². The van der Waals surface area contributed by atoms with E-state index in [1.54, 1.807) is 4.90 Å². The normalized spacial score (nSPS) is 20.5. The number of anilines is 1. The fraction of sp³-hybridized carbons (Fsp3) is 0.400. The molecule has 88 valence electrons. The molecule has 1 unspecified atom stereocenters. The molecule has 0 N–H and O–H groups in total. The second kappa shape index (κ2) is 3.76. The number of hydrogen-bond acceptors (Lipinski definition) is 5. The molecule has 1 aliphatic heterocycles. The third kappa shape index (κ3) is 1.61. The van der Waals surface area contributed by atoms with Gasteiger partial charge in [0.2, 0.25) is 5.91 Å². The van der Waals surface area contributed by atoms with Crippen LogP contribution in [0.15, 0.2) is 10.9 Å². The van der Waals surface area contributed by atoms with Crippen molar-refractivity contribution in [2.75, 3.05) is 11.4 Å². The lowest BCUT2D eigenvalue weighted by molar-refractivity contribution is -0.117. The maximum atomic E-state index is 11.8. The highest BCUT2D eigenvalue weighted by molar-refractivity contribution is 9.09. The Kier molecular flexibility index (Phi) is 2.36. The van der Waals surface area contributed by atoms with Gasteiger partial charge < -0.3 is 4.52 Å². The van der Waals surface area contributed by atoms with Crippen LogP contribution >= 0.6 is 15.9 Å². The van der Waals surface area contributed by atoms with Gasteiger partial charge in [-0.05, 0) is 6.92 Å². The molecule has 0 bridgehead atoms. The molecule has 3 heterocycles. The van der Waals surface area contributed by atoms with Crippen molar-refractivity contribution in [3.8, 4) is 0 Å². The standard InChI is InChI=1S/C10H9BrN4O2/c1-5-8-9(12-4-13-10(8)17-14-5)15-3-6(11)2-7(15)16/h4,6H,2-3H2,1H3. The average molecular weight is 297 g/mol. The van der Waals surface area contributed by atoms with E-state index < -0.39 is 0 Å². The molecule has 0 saturated carbocycles. The zero-order chi connectivity index (χ0) is 12.0. The lowest BCUT2D eigenvalue weighted by Crippen LogP contribution is -2.25. The predicted molar refractivity (Wildman–Crippen MR) is 64.0 cm³/mol. The molecule has 0 radical (unpaired) electrons. The molecule has 1 atom stereocenters. The van der Waals surface area contributed by atoms with E-state index in [0.717, 1.165) is 0 Å². The maximum Gasteiger partial charge on any atom is 0.263 e. The number of nitrogens with zero attached hydrogens (tertiary/aromatic N) is 4. The number of amides is 1. The van der Waals surface area contributed by atoms with Crippen molar-refractivity contribution in [1.82, 2.24) is 15.1 Å². The van der Waals surface area contributed by atoms with Gasteiger partial charge in [0.15, 0.2) is 5.82 Å². The van der Waals surface area contributed by atoms with E-state index in [9.17, 15) is 4.79 Å². The summed E-state index contributed by atoms with van der Waals surface area (Å²) in [6.07, 6.45) is 1.87. The highest BCUT2D eigenvalue weighted by atomic mass is 79.9. The Bertz CT molecular complexity index is 597. The Balaban J connectivity index is 2.17. The SMILES string of the molecule is Cc1noc2ncnc(N3CC(Br)CC3=O)c12. The topological polar surface area (TPSA) is 72.1 Å². The molecule has 1 amide bonds. The fourth-order valence-corrected chi connectivity index (χ4v) is 2.54. The van der Waals surface area contributed by atoms with Gasteiger partial charge in [-0.1, -0.05) is 21.1 Å². The average Bonchev–Trinajstić information content (AvgIpc) is 2.83. The number of alkyl halides is 1.